The molecule has 1 aliphatic rings. The molecule has 0 radical (unpaired) electrons. The van der Waals surface area contributed by atoms with Crippen LogP contribution in [0.1, 0.15) is 24.0 Å². The van der Waals surface area contributed by atoms with Crippen molar-refractivity contribution in [3.8, 4) is 11.1 Å². The summed E-state index contributed by atoms with van der Waals surface area (Å²) in [7, 11) is 0. The smallest absolute Gasteiger partial charge is 0.0475 e. The number of hydrogen-bond acceptors (Lipinski definition) is 3. The molecule has 2 nitrogen and oxygen atoms in total. The van der Waals surface area contributed by atoms with Gasteiger partial charge in [0.05, 0.1) is 0 Å². The molecule has 3 N–H and O–H groups in total. The van der Waals surface area contributed by atoms with Gasteiger partial charge in [-0.1, -0.05) is 72.9 Å². The van der Waals surface area contributed by atoms with E-state index in [1.165, 1.54) is 27.2 Å². The summed E-state index contributed by atoms with van der Waals surface area (Å²) in [6.07, 6.45) is 4.26. The van der Waals surface area contributed by atoms with Crippen LogP contribution >= 0.6 is 11.8 Å². The second-order valence-electron chi connectivity index (χ2n) is 6.89. The number of fused-ring (bicyclic) bond motifs is 1. The van der Waals surface area contributed by atoms with Crippen molar-refractivity contribution in [3.63, 3.8) is 0 Å². The topological polar surface area (TPSA) is 38.0 Å². The van der Waals surface area contributed by atoms with Crippen molar-refractivity contribution >= 4 is 28.7 Å². The average Bonchev–Trinajstić information content (AvgIpc) is 2.72. The first-order valence-corrected chi connectivity index (χ1v) is 10.4. The fourth-order valence-corrected chi connectivity index (χ4v) is 4.54. The number of nitrogens with one attached hydrogen (secondary N) is 1. The number of rotatable bonds is 4. The van der Waals surface area contributed by atoms with Gasteiger partial charge in [-0.3, -0.25) is 0 Å². The molecule has 0 fully saturated rings. The quantitative estimate of drug-likeness (QED) is 0.510. The third-order valence-corrected chi connectivity index (χ3v) is 5.93. The van der Waals surface area contributed by atoms with Crippen LogP contribution in [0.2, 0.25) is 0 Å². The summed E-state index contributed by atoms with van der Waals surface area (Å²) in [5.74, 6) is 0. The van der Waals surface area contributed by atoms with Crippen LogP contribution in [0.4, 0.5) is 11.4 Å². The summed E-state index contributed by atoms with van der Waals surface area (Å²) in [6.45, 7) is 4.88. The van der Waals surface area contributed by atoms with Crippen molar-refractivity contribution < 1.29 is 0 Å². The molecule has 140 valence electrons. The van der Waals surface area contributed by atoms with Crippen LogP contribution in [-0.4, -0.2) is 0 Å². The molecule has 0 bridgehead atoms. The van der Waals surface area contributed by atoms with Gasteiger partial charge >= 0.3 is 0 Å². The van der Waals surface area contributed by atoms with Crippen molar-refractivity contribution in [1.82, 2.24) is 0 Å². The number of nitrogens with two attached hydrogens (primary N) is 1. The molecule has 28 heavy (non-hydrogen) atoms. The van der Waals surface area contributed by atoms with Gasteiger partial charge in [-0.25, -0.2) is 0 Å². The molecule has 0 saturated heterocycles. The van der Waals surface area contributed by atoms with E-state index in [2.05, 4.69) is 84.0 Å². The molecule has 0 atom stereocenters. The molecule has 0 saturated carbocycles. The average molecular weight is 385 g/mol. The standard InChI is InChI=1S/C25H24N2S/c1-18-8-5-6-15-28-25-22(18)13-14-23(24(25)20-10-3-2-4-11-20)27-21-12-7-9-19(16-21)17-26/h2-4,6-7,9-16,27H,1,5,8,17,26H2/b15-6-. The van der Waals surface area contributed by atoms with Gasteiger partial charge in [0.15, 0.2) is 0 Å². The van der Waals surface area contributed by atoms with Gasteiger partial charge in [-0.2, -0.15) is 0 Å². The fourth-order valence-electron chi connectivity index (χ4n) is 3.49. The van der Waals surface area contributed by atoms with Gasteiger partial charge in [0.1, 0.15) is 0 Å². The maximum absolute atomic E-state index is 5.82. The van der Waals surface area contributed by atoms with Crippen molar-refractivity contribution in [2.24, 2.45) is 5.73 Å². The number of hydrogen-bond donors (Lipinski definition) is 2. The Morgan fingerprint density at radius 2 is 1.86 bits per heavy atom. The van der Waals surface area contributed by atoms with E-state index in [4.69, 9.17) is 5.73 Å². The molecule has 0 amide bonds. The zero-order valence-electron chi connectivity index (χ0n) is 15.8. The molecular weight excluding hydrogens is 360 g/mol. The summed E-state index contributed by atoms with van der Waals surface area (Å²) in [5, 5.41) is 5.83. The third-order valence-electron chi connectivity index (χ3n) is 4.94. The molecule has 3 aromatic carbocycles. The molecule has 1 aliphatic heterocycles. The number of anilines is 2. The lowest BCUT2D eigenvalue weighted by atomic mass is 9.95. The van der Waals surface area contributed by atoms with Crippen molar-refractivity contribution in [2.75, 3.05) is 5.32 Å². The Morgan fingerprint density at radius 1 is 1.00 bits per heavy atom. The second kappa shape index (κ2) is 8.51. The van der Waals surface area contributed by atoms with E-state index in [9.17, 15) is 0 Å². The minimum atomic E-state index is 0.533. The SMILES string of the molecule is C=C1CC/C=C\Sc2c1ccc(Nc1cccc(CN)c1)c2-c1ccccc1. The summed E-state index contributed by atoms with van der Waals surface area (Å²) in [6, 6.07) is 23.2. The van der Waals surface area contributed by atoms with E-state index in [-0.39, 0.29) is 0 Å². The molecule has 3 aromatic rings. The Hall–Kier alpha value is -2.75. The van der Waals surface area contributed by atoms with E-state index in [1.54, 1.807) is 11.8 Å². The zero-order chi connectivity index (χ0) is 19.3. The summed E-state index contributed by atoms with van der Waals surface area (Å²) < 4.78 is 0. The number of thioether (sulfide) groups is 1. The Labute approximate surface area is 171 Å². The molecule has 3 heteroatoms. The Bertz CT molecular complexity index is 1020. The molecule has 0 unspecified atom stereocenters. The molecule has 4 rings (SSSR count). The van der Waals surface area contributed by atoms with Gasteiger partial charge in [-0.15, -0.1) is 0 Å². The first-order chi connectivity index (χ1) is 13.8. The van der Waals surface area contributed by atoms with Crippen LogP contribution in [0.3, 0.4) is 0 Å². The highest BCUT2D eigenvalue weighted by Crippen LogP contribution is 2.44. The molecule has 0 aliphatic carbocycles. The lowest BCUT2D eigenvalue weighted by Gasteiger charge is -2.21. The van der Waals surface area contributed by atoms with Gasteiger partial charge in [-0.05, 0) is 58.7 Å². The monoisotopic (exact) mass is 384 g/mol. The van der Waals surface area contributed by atoms with Crippen LogP contribution in [0.5, 0.6) is 0 Å². The third kappa shape index (κ3) is 3.91. The molecule has 0 aromatic heterocycles. The lowest BCUT2D eigenvalue weighted by molar-refractivity contribution is 1.06. The number of benzene rings is 3. The Balaban J connectivity index is 1.87. The maximum Gasteiger partial charge on any atom is 0.0475 e. The minimum Gasteiger partial charge on any atom is -0.355 e. The van der Waals surface area contributed by atoms with Gasteiger partial charge in [0.2, 0.25) is 0 Å². The highest BCUT2D eigenvalue weighted by Gasteiger charge is 2.18. The van der Waals surface area contributed by atoms with E-state index in [0.717, 1.165) is 29.8 Å². The minimum absolute atomic E-state index is 0.533. The van der Waals surface area contributed by atoms with Crippen LogP contribution < -0.4 is 11.1 Å². The fraction of sp³-hybridized carbons (Fsp3) is 0.120. The molecule has 0 spiro atoms. The summed E-state index contributed by atoms with van der Waals surface area (Å²) in [4.78, 5) is 1.26. The van der Waals surface area contributed by atoms with Crippen LogP contribution in [-0.2, 0) is 6.54 Å². The highest BCUT2D eigenvalue weighted by atomic mass is 32.2. The van der Waals surface area contributed by atoms with Crippen molar-refractivity contribution in [1.29, 1.82) is 0 Å². The van der Waals surface area contributed by atoms with Crippen molar-refractivity contribution in [3.05, 3.63) is 95.9 Å². The van der Waals surface area contributed by atoms with Gasteiger partial charge in [0.25, 0.3) is 0 Å². The largest absolute Gasteiger partial charge is 0.355 e. The Kier molecular flexibility index (Phi) is 5.65. The predicted molar refractivity (Wildman–Crippen MR) is 123 cm³/mol. The van der Waals surface area contributed by atoms with Crippen LogP contribution in [0, 0.1) is 0 Å². The van der Waals surface area contributed by atoms with E-state index < -0.39 is 0 Å². The maximum atomic E-state index is 5.82. The lowest BCUT2D eigenvalue weighted by Crippen LogP contribution is -2.00. The molecular formula is C25H24N2S. The predicted octanol–water partition coefficient (Wildman–Crippen LogP) is 6.97. The Morgan fingerprint density at radius 3 is 2.68 bits per heavy atom. The highest BCUT2D eigenvalue weighted by molar-refractivity contribution is 8.02. The van der Waals surface area contributed by atoms with E-state index in [0.29, 0.717) is 6.54 Å². The first-order valence-electron chi connectivity index (χ1n) is 9.54. The normalized spacial score (nSPS) is 14.7. The van der Waals surface area contributed by atoms with E-state index in [1.807, 2.05) is 6.07 Å². The van der Waals surface area contributed by atoms with Gasteiger partial charge < -0.3 is 11.1 Å². The number of allylic oxidation sites excluding steroid dienone is 2. The zero-order valence-corrected chi connectivity index (χ0v) is 16.6. The van der Waals surface area contributed by atoms with Crippen LogP contribution in [0.15, 0.2) is 89.7 Å². The van der Waals surface area contributed by atoms with Crippen LogP contribution in [0.25, 0.3) is 16.7 Å². The summed E-state index contributed by atoms with van der Waals surface area (Å²) in [5.41, 5.74) is 13.9. The van der Waals surface area contributed by atoms with Crippen molar-refractivity contribution in [2.45, 2.75) is 24.3 Å². The summed E-state index contributed by atoms with van der Waals surface area (Å²) >= 11 is 1.78. The second-order valence-corrected chi connectivity index (χ2v) is 7.81. The van der Waals surface area contributed by atoms with Gasteiger partial charge in [0, 0.05) is 28.4 Å². The first kappa shape index (κ1) is 18.6. The van der Waals surface area contributed by atoms with E-state index >= 15 is 0 Å². The molecule has 1 heterocycles.